The van der Waals surface area contributed by atoms with Crippen molar-refractivity contribution in [3.05, 3.63) is 53.8 Å². The largest absolute Gasteiger partial charge is 0.431 e. The summed E-state index contributed by atoms with van der Waals surface area (Å²) in [5.41, 5.74) is 0.481. The van der Waals surface area contributed by atoms with Gasteiger partial charge in [0.1, 0.15) is 11.0 Å². The van der Waals surface area contributed by atoms with Crippen LogP contribution in [0, 0.1) is 0 Å². The second kappa shape index (κ2) is 6.78. The number of hydrogen-bond acceptors (Lipinski definition) is 7. The first-order valence-corrected chi connectivity index (χ1v) is 10.6. The van der Waals surface area contributed by atoms with E-state index < -0.39 is 15.1 Å². The van der Waals surface area contributed by atoms with Crippen molar-refractivity contribution >= 4 is 27.1 Å². The molecule has 0 saturated carbocycles. The molecule has 1 aliphatic rings. The van der Waals surface area contributed by atoms with Crippen LogP contribution in [0.3, 0.4) is 0 Å². The Morgan fingerprint density at radius 3 is 2.52 bits per heavy atom. The van der Waals surface area contributed by atoms with E-state index in [1.807, 2.05) is 5.38 Å². The number of carbonyl (C=O) groups excluding carboxylic acids is 1. The van der Waals surface area contributed by atoms with Crippen molar-refractivity contribution in [2.45, 2.75) is 10.4 Å². The monoisotopic (exact) mass is 404 g/mol. The molecule has 1 aliphatic heterocycles. The molecule has 2 aromatic heterocycles. The van der Waals surface area contributed by atoms with Gasteiger partial charge in [0.25, 0.3) is 11.1 Å². The maximum absolute atomic E-state index is 12.6. The molecule has 3 aromatic rings. The van der Waals surface area contributed by atoms with Crippen molar-refractivity contribution in [1.82, 2.24) is 19.4 Å². The zero-order chi connectivity index (χ0) is 19.0. The molecule has 4 rings (SSSR count). The Morgan fingerprint density at radius 1 is 1.19 bits per heavy atom. The number of ether oxygens (including phenoxy) is 1. The third kappa shape index (κ3) is 3.33. The molecule has 1 saturated heterocycles. The van der Waals surface area contributed by atoms with Crippen LogP contribution in [0.25, 0.3) is 0 Å². The Kier molecular flexibility index (Phi) is 4.44. The van der Waals surface area contributed by atoms with Crippen LogP contribution in [0.15, 0.2) is 53.4 Å². The van der Waals surface area contributed by atoms with Gasteiger partial charge in [-0.2, -0.15) is 0 Å². The first kappa shape index (κ1) is 17.7. The van der Waals surface area contributed by atoms with Gasteiger partial charge in [0.05, 0.1) is 0 Å². The number of nitrogens with zero attached hydrogens (tertiary/aromatic N) is 4. The molecular formula is C17H16N4O4S2. The fraction of sp³-hybridized carbons (Fsp3) is 0.235. The third-order valence-electron chi connectivity index (χ3n) is 4.32. The van der Waals surface area contributed by atoms with Crippen LogP contribution in [0.4, 0.5) is 0 Å². The Morgan fingerprint density at radius 2 is 1.93 bits per heavy atom. The van der Waals surface area contributed by atoms with Gasteiger partial charge in [0, 0.05) is 49.7 Å². The van der Waals surface area contributed by atoms with Crippen molar-refractivity contribution < 1.29 is 17.9 Å². The summed E-state index contributed by atoms with van der Waals surface area (Å²) in [4.78, 5) is 22.0. The number of sulfone groups is 1. The minimum absolute atomic E-state index is 0.0308. The standard InChI is InChI=1S/C17H16N4O4S2/c1-20-8-6-18-16(20)27(23,24)14-10-21(11-14)15(22)12-2-4-13(5-3-12)25-17-19-7-9-26-17/h2-9,14H,10-11H2,1H3. The molecule has 1 amide bonds. The number of rotatable bonds is 5. The smallest absolute Gasteiger partial charge is 0.278 e. The molecule has 140 valence electrons. The highest BCUT2D eigenvalue weighted by Gasteiger charge is 2.42. The molecule has 0 N–H and O–H groups in total. The molecule has 3 heterocycles. The van der Waals surface area contributed by atoms with Crippen LogP contribution < -0.4 is 4.74 Å². The summed E-state index contributed by atoms with van der Waals surface area (Å²) in [7, 11) is -1.91. The van der Waals surface area contributed by atoms with Gasteiger partial charge in [-0.3, -0.25) is 4.79 Å². The van der Waals surface area contributed by atoms with E-state index in [0.717, 1.165) is 0 Å². The summed E-state index contributed by atoms with van der Waals surface area (Å²) in [6.07, 6.45) is 4.69. The molecule has 0 bridgehead atoms. The van der Waals surface area contributed by atoms with E-state index in [4.69, 9.17) is 4.74 Å². The maximum Gasteiger partial charge on any atom is 0.278 e. The van der Waals surface area contributed by atoms with Crippen LogP contribution in [0.1, 0.15) is 10.4 Å². The average Bonchev–Trinajstić information content (AvgIpc) is 3.25. The lowest BCUT2D eigenvalue weighted by Gasteiger charge is -2.38. The number of likely N-dealkylation sites (tertiary alicyclic amines) is 1. The maximum atomic E-state index is 12.6. The van der Waals surface area contributed by atoms with Crippen molar-refractivity contribution in [1.29, 1.82) is 0 Å². The van der Waals surface area contributed by atoms with E-state index in [-0.39, 0.29) is 24.2 Å². The minimum atomic E-state index is -3.54. The molecule has 1 fully saturated rings. The number of hydrogen-bond donors (Lipinski definition) is 0. The van der Waals surface area contributed by atoms with E-state index in [1.165, 1.54) is 27.0 Å². The molecule has 0 radical (unpaired) electrons. The molecule has 27 heavy (non-hydrogen) atoms. The number of aryl methyl sites for hydroxylation is 1. The van der Waals surface area contributed by atoms with Crippen molar-refractivity contribution in [2.24, 2.45) is 7.05 Å². The zero-order valence-corrected chi connectivity index (χ0v) is 16.0. The fourth-order valence-electron chi connectivity index (χ4n) is 2.79. The Bertz CT molecular complexity index is 1050. The lowest BCUT2D eigenvalue weighted by atomic mass is 10.1. The summed E-state index contributed by atoms with van der Waals surface area (Å²) in [6, 6.07) is 6.70. The van der Waals surface area contributed by atoms with Crippen LogP contribution in [-0.2, 0) is 16.9 Å². The van der Waals surface area contributed by atoms with Crippen LogP contribution in [0.5, 0.6) is 10.9 Å². The zero-order valence-electron chi connectivity index (χ0n) is 14.3. The normalized spacial score (nSPS) is 14.8. The highest BCUT2D eigenvalue weighted by atomic mass is 32.2. The Labute approximate surface area is 160 Å². The Balaban J connectivity index is 1.39. The third-order valence-corrected chi connectivity index (χ3v) is 7.05. The number of amides is 1. The van der Waals surface area contributed by atoms with Gasteiger partial charge in [-0.1, -0.05) is 11.3 Å². The first-order chi connectivity index (χ1) is 12.9. The van der Waals surface area contributed by atoms with E-state index in [9.17, 15) is 13.2 Å². The highest BCUT2D eigenvalue weighted by Crippen LogP contribution is 2.26. The van der Waals surface area contributed by atoms with Gasteiger partial charge in [-0.05, 0) is 24.3 Å². The number of benzene rings is 1. The number of carbonyl (C=O) groups is 1. The van der Waals surface area contributed by atoms with Crippen molar-refractivity contribution in [2.75, 3.05) is 13.1 Å². The fourth-order valence-corrected chi connectivity index (χ4v) is 5.01. The summed E-state index contributed by atoms with van der Waals surface area (Å²) < 4.78 is 32.1. The predicted octanol–water partition coefficient (Wildman–Crippen LogP) is 1.97. The van der Waals surface area contributed by atoms with Gasteiger partial charge in [-0.15, -0.1) is 0 Å². The average molecular weight is 404 g/mol. The number of thiazole rings is 1. The molecule has 0 atom stereocenters. The van der Waals surface area contributed by atoms with Gasteiger partial charge in [-0.25, -0.2) is 18.4 Å². The molecule has 8 nitrogen and oxygen atoms in total. The molecule has 1 aromatic carbocycles. The van der Waals surface area contributed by atoms with Crippen molar-refractivity contribution in [3.8, 4) is 10.9 Å². The number of aromatic nitrogens is 3. The minimum Gasteiger partial charge on any atom is -0.431 e. The van der Waals surface area contributed by atoms with E-state index in [2.05, 4.69) is 9.97 Å². The molecule has 0 unspecified atom stereocenters. The van der Waals surface area contributed by atoms with Gasteiger partial charge in [0.2, 0.25) is 15.0 Å². The second-order valence-electron chi connectivity index (χ2n) is 6.12. The van der Waals surface area contributed by atoms with Gasteiger partial charge < -0.3 is 14.2 Å². The van der Waals surface area contributed by atoms with Crippen molar-refractivity contribution in [3.63, 3.8) is 0 Å². The highest BCUT2D eigenvalue weighted by molar-refractivity contribution is 7.92. The van der Waals surface area contributed by atoms with E-state index in [1.54, 1.807) is 43.7 Å². The lowest BCUT2D eigenvalue weighted by molar-refractivity contribution is 0.0658. The summed E-state index contributed by atoms with van der Waals surface area (Å²) >= 11 is 1.38. The number of imidazole rings is 1. The summed E-state index contributed by atoms with van der Waals surface area (Å²) in [6.45, 7) is 0.316. The quantitative estimate of drug-likeness (QED) is 0.645. The summed E-state index contributed by atoms with van der Waals surface area (Å²) in [5.74, 6) is 0.377. The molecule has 10 heteroatoms. The molecule has 0 spiro atoms. The van der Waals surface area contributed by atoms with Crippen LogP contribution >= 0.6 is 11.3 Å². The topological polar surface area (TPSA) is 94.4 Å². The van der Waals surface area contributed by atoms with Crippen LogP contribution in [-0.4, -0.2) is 52.1 Å². The van der Waals surface area contributed by atoms with Gasteiger partial charge in [0.15, 0.2) is 0 Å². The molecular weight excluding hydrogens is 388 g/mol. The van der Waals surface area contributed by atoms with Gasteiger partial charge >= 0.3 is 0 Å². The Hall–Kier alpha value is -2.72. The molecule has 0 aliphatic carbocycles. The predicted molar refractivity (Wildman–Crippen MR) is 98.7 cm³/mol. The summed E-state index contributed by atoms with van der Waals surface area (Å²) in [5, 5.41) is 1.74. The SMILES string of the molecule is Cn1ccnc1S(=O)(=O)C1CN(C(=O)c2ccc(Oc3nccs3)cc2)C1. The first-order valence-electron chi connectivity index (χ1n) is 8.13. The van der Waals surface area contributed by atoms with Crippen LogP contribution in [0.2, 0.25) is 0 Å². The lowest BCUT2D eigenvalue weighted by Crippen LogP contribution is -2.57. The van der Waals surface area contributed by atoms with E-state index >= 15 is 0 Å². The van der Waals surface area contributed by atoms with E-state index in [0.29, 0.717) is 16.5 Å². The second-order valence-corrected chi connectivity index (χ2v) is 9.10.